The molecule has 0 saturated heterocycles. The highest BCUT2D eigenvalue weighted by molar-refractivity contribution is 5.86. The van der Waals surface area contributed by atoms with Gasteiger partial charge in [-0.2, -0.15) is 0 Å². The van der Waals surface area contributed by atoms with Crippen LogP contribution in [-0.4, -0.2) is 28.7 Å². The lowest BCUT2D eigenvalue weighted by Gasteiger charge is -2.12. The summed E-state index contributed by atoms with van der Waals surface area (Å²) >= 11 is 0. The Morgan fingerprint density at radius 2 is 2.08 bits per heavy atom. The molecular weight excluding hydrogens is 162 g/mol. The lowest BCUT2D eigenvalue weighted by atomic mass is 10.3. The quantitative estimate of drug-likeness (QED) is 0.561. The molecule has 0 spiro atoms. The molecule has 0 bridgehead atoms. The van der Waals surface area contributed by atoms with Gasteiger partial charge in [-0.05, 0) is 6.92 Å². The van der Waals surface area contributed by atoms with E-state index in [1.54, 1.807) is 0 Å². The van der Waals surface area contributed by atoms with Crippen molar-refractivity contribution < 1.29 is 19.4 Å². The summed E-state index contributed by atoms with van der Waals surface area (Å²) in [5.74, 6) is -1.74. The zero-order chi connectivity index (χ0) is 9.35. The fraction of sp³-hybridized carbons (Fsp3) is 0.714. The SMILES string of the molecule is CC(N)C(=O)OC1(C(=O)O)CC1. The van der Waals surface area contributed by atoms with Crippen LogP contribution >= 0.6 is 0 Å². The lowest BCUT2D eigenvalue weighted by Crippen LogP contribution is -2.36. The Bertz CT molecular complexity index is 219. The second-order valence-corrected chi connectivity index (χ2v) is 3.01. The van der Waals surface area contributed by atoms with Crippen LogP contribution < -0.4 is 5.73 Å². The average Bonchev–Trinajstić information content (AvgIpc) is 2.68. The minimum absolute atomic E-state index is 0.390. The molecule has 1 saturated carbocycles. The first-order valence-electron chi connectivity index (χ1n) is 3.70. The maximum atomic E-state index is 10.9. The van der Waals surface area contributed by atoms with Crippen molar-refractivity contribution >= 4 is 11.9 Å². The van der Waals surface area contributed by atoms with Crippen molar-refractivity contribution in [2.45, 2.75) is 31.4 Å². The highest BCUT2D eigenvalue weighted by atomic mass is 16.6. The van der Waals surface area contributed by atoms with Crippen LogP contribution in [0.3, 0.4) is 0 Å². The number of carbonyl (C=O) groups is 2. The maximum absolute atomic E-state index is 10.9. The van der Waals surface area contributed by atoms with E-state index in [1.807, 2.05) is 0 Å². The molecule has 1 unspecified atom stereocenters. The number of ether oxygens (including phenoxy) is 1. The van der Waals surface area contributed by atoms with Gasteiger partial charge in [-0.1, -0.05) is 0 Å². The van der Waals surface area contributed by atoms with E-state index >= 15 is 0 Å². The number of esters is 1. The smallest absolute Gasteiger partial charge is 0.348 e. The third kappa shape index (κ3) is 1.55. The zero-order valence-electron chi connectivity index (χ0n) is 6.74. The summed E-state index contributed by atoms with van der Waals surface area (Å²) in [4.78, 5) is 21.4. The summed E-state index contributed by atoms with van der Waals surface area (Å²) in [5, 5.41) is 8.62. The van der Waals surface area contributed by atoms with Gasteiger partial charge in [0.15, 0.2) is 0 Å². The molecule has 1 atom stereocenters. The Morgan fingerprint density at radius 1 is 1.58 bits per heavy atom. The summed E-state index contributed by atoms with van der Waals surface area (Å²) in [7, 11) is 0. The van der Waals surface area contributed by atoms with Crippen molar-refractivity contribution in [3.05, 3.63) is 0 Å². The second kappa shape index (κ2) is 2.75. The fourth-order valence-corrected chi connectivity index (χ4v) is 0.759. The van der Waals surface area contributed by atoms with Crippen LogP contribution in [0.15, 0.2) is 0 Å². The van der Waals surface area contributed by atoms with E-state index in [1.165, 1.54) is 6.92 Å². The highest BCUT2D eigenvalue weighted by Crippen LogP contribution is 2.39. The molecule has 0 aromatic heterocycles. The number of hydrogen-bond acceptors (Lipinski definition) is 4. The van der Waals surface area contributed by atoms with Crippen LogP contribution in [0.2, 0.25) is 0 Å². The van der Waals surface area contributed by atoms with E-state index in [4.69, 9.17) is 15.6 Å². The fourth-order valence-electron chi connectivity index (χ4n) is 0.759. The third-order valence-electron chi connectivity index (χ3n) is 1.76. The normalized spacial score (nSPS) is 21.2. The first-order chi connectivity index (χ1) is 5.48. The molecule has 1 rings (SSSR count). The predicted molar refractivity (Wildman–Crippen MR) is 39.3 cm³/mol. The van der Waals surface area contributed by atoms with Crippen molar-refractivity contribution in [1.29, 1.82) is 0 Å². The zero-order valence-corrected chi connectivity index (χ0v) is 6.74. The van der Waals surface area contributed by atoms with E-state index in [0.29, 0.717) is 12.8 Å². The standard InChI is InChI=1S/C7H11NO4/c1-4(8)5(9)12-7(2-3-7)6(10)11/h4H,2-3,8H2,1H3,(H,10,11). The lowest BCUT2D eigenvalue weighted by molar-refractivity contribution is -0.167. The van der Waals surface area contributed by atoms with E-state index in [0.717, 1.165) is 0 Å². The Balaban J connectivity index is 2.51. The van der Waals surface area contributed by atoms with Gasteiger partial charge in [-0.15, -0.1) is 0 Å². The molecule has 1 aliphatic carbocycles. The summed E-state index contributed by atoms with van der Waals surface area (Å²) in [6.45, 7) is 1.46. The number of aliphatic carboxylic acids is 1. The van der Waals surface area contributed by atoms with E-state index in [9.17, 15) is 9.59 Å². The molecule has 68 valence electrons. The molecule has 1 fully saturated rings. The Kier molecular flexibility index (Phi) is 2.06. The first kappa shape index (κ1) is 8.99. The Morgan fingerprint density at radius 3 is 2.33 bits per heavy atom. The molecule has 0 aromatic rings. The van der Waals surface area contributed by atoms with Crippen LogP contribution in [0.5, 0.6) is 0 Å². The molecule has 0 aliphatic heterocycles. The third-order valence-corrected chi connectivity index (χ3v) is 1.76. The maximum Gasteiger partial charge on any atom is 0.348 e. The largest absolute Gasteiger partial charge is 0.478 e. The van der Waals surface area contributed by atoms with Crippen LogP contribution in [0, 0.1) is 0 Å². The van der Waals surface area contributed by atoms with Gasteiger partial charge in [0.05, 0.1) is 0 Å². The van der Waals surface area contributed by atoms with E-state index in [2.05, 4.69) is 0 Å². The summed E-state index contributed by atoms with van der Waals surface area (Å²) in [6, 6.07) is -0.762. The van der Waals surface area contributed by atoms with Crippen molar-refractivity contribution in [2.75, 3.05) is 0 Å². The van der Waals surface area contributed by atoms with Gasteiger partial charge in [-0.3, -0.25) is 4.79 Å². The second-order valence-electron chi connectivity index (χ2n) is 3.01. The van der Waals surface area contributed by atoms with Gasteiger partial charge in [0, 0.05) is 12.8 Å². The topological polar surface area (TPSA) is 89.6 Å². The van der Waals surface area contributed by atoms with Crippen molar-refractivity contribution in [1.82, 2.24) is 0 Å². The molecule has 0 radical (unpaired) electrons. The van der Waals surface area contributed by atoms with Gasteiger partial charge < -0.3 is 15.6 Å². The van der Waals surface area contributed by atoms with Crippen LogP contribution in [0.1, 0.15) is 19.8 Å². The van der Waals surface area contributed by atoms with Gasteiger partial charge in [-0.25, -0.2) is 4.79 Å². The molecule has 0 aromatic carbocycles. The van der Waals surface area contributed by atoms with Crippen molar-refractivity contribution in [3.8, 4) is 0 Å². The van der Waals surface area contributed by atoms with Gasteiger partial charge >= 0.3 is 11.9 Å². The molecule has 0 heterocycles. The number of nitrogens with two attached hydrogens (primary N) is 1. The predicted octanol–water partition coefficient (Wildman–Crippen LogP) is -0.506. The van der Waals surface area contributed by atoms with Gasteiger partial charge in [0.1, 0.15) is 6.04 Å². The highest BCUT2D eigenvalue weighted by Gasteiger charge is 2.54. The molecular formula is C7H11NO4. The summed E-state index contributed by atoms with van der Waals surface area (Å²) in [5.41, 5.74) is 3.94. The molecule has 12 heavy (non-hydrogen) atoms. The first-order valence-corrected chi connectivity index (χ1v) is 3.70. The van der Waals surface area contributed by atoms with Gasteiger partial charge in [0.25, 0.3) is 0 Å². The number of carbonyl (C=O) groups excluding carboxylic acids is 1. The number of carboxylic acid groups (broad SMARTS) is 1. The van der Waals surface area contributed by atoms with Crippen molar-refractivity contribution in [3.63, 3.8) is 0 Å². The molecule has 1 aliphatic rings. The van der Waals surface area contributed by atoms with Crippen LogP contribution in [-0.2, 0) is 14.3 Å². The van der Waals surface area contributed by atoms with Crippen LogP contribution in [0.25, 0.3) is 0 Å². The Hall–Kier alpha value is -1.10. The average molecular weight is 173 g/mol. The van der Waals surface area contributed by atoms with E-state index in [-0.39, 0.29) is 0 Å². The molecule has 3 N–H and O–H groups in total. The molecule has 5 heteroatoms. The number of hydrogen-bond donors (Lipinski definition) is 2. The number of carboxylic acids is 1. The monoisotopic (exact) mass is 173 g/mol. The van der Waals surface area contributed by atoms with Crippen LogP contribution in [0.4, 0.5) is 0 Å². The van der Waals surface area contributed by atoms with Crippen molar-refractivity contribution in [2.24, 2.45) is 5.73 Å². The van der Waals surface area contributed by atoms with E-state index < -0.39 is 23.6 Å². The minimum atomic E-state index is -1.26. The molecule has 5 nitrogen and oxygen atoms in total. The minimum Gasteiger partial charge on any atom is -0.478 e. The summed E-state index contributed by atoms with van der Waals surface area (Å²) in [6.07, 6.45) is 0.779. The Labute approximate surface area is 69.5 Å². The van der Waals surface area contributed by atoms with Gasteiger partial charge in [0.2, 0.25) is 5.60 Å². The summed E-state index contributed by atoms with van der Waals surface area (Å²) < 4.78 is 4.71. The number of rotatable bonds is 3. The molecule has 0 amide bonds.